The third-order valence-corrected chi connectivity index (χ3v) is 3.27. The largest absolute Gasteiger partial charge is 0.392 e. The Hall–Kier alpha value is -0.770. The van der Waals surface area contributed by atoms with Crippen LogP contribution in [0.3, 0.4) is 0 Å². The molecular weight excluding hydrogens is 192 g/mol. The van der Waals surface area contributed by atoms with Gasteiger partial charge in [0.15, 0.2) is 0 Å². The summed E-state index contributed by atoms with van der Waals surface area (Å²) in [5.74, 6) is 0.347. The van der Waals surface area contributed by atoms with Crippen molar-refractivity contribution in [3.8, 4) is 0 Å². The molecule has 1 saturated carbocycles. The lowest BCUT2D eigenvalue weighted by Gasteiger charge is -2.32. The number of aliphatic hydroxyl groups is 1. The first-order valence-corrected chi connectivity index (χ1v) is 5.64. The molecule has 3 N–H and O–H groups in total. The molecule has 3 atom stereocenters. The molecule has 0 unspecified atom stereocenters. The summed E-state index contributed by atoms with van der Waals surface area (Å²) in [7, 11) is 0. The topological polar surface area (TPSA) is 95.0 Å². The summed E-state index contributed by atoms with van der Waals surface area (Å²) in [6, 6.07) is -0.695. The van der Waals surface area contributed by atoms with Gasteiger partial charge in [-0.2, -0.15) is 0 Å². The van der Waals surface area contributed by atoms with E-state index in [1.54, 1.807) is 6.92 Å². The van der Waals surface area contributed by atoms with Crippen molar-refractivity contribution in [2.75, 3.05) is 0 Å². The molecule has 1 fully saturated rings. The van der Waals surface area contributed by atoms with E-state index in [1.807, 2.05) is 0 Å². The van der Waals surface area contributed by atoms with E-state index in [0.717, 1.165) is 12.8 Å². The van der Waals surface area contributed by atoms with Gasteiger partial charge in [-0.15, -0.1) is 0 Å². The predicted octanol–water partition coefficient (Wildman–Crippen LogP) is 1.95. The lowest BCUT2D eigenvalue weighted by atomic mass is 9.80. The molecule has 0 aromatic rings. The van der Waals surface area contributed by atoms with Crippen LogP contribution in [0.1, 0.15) is 39.0 Å². The molecule has 0 aromatic heterocycles. The number of nitrogens with two attached hydrogens (primary N) is 1. The minimum Gasteiger partial charge on any atom is -0.392 e. The van der Waals surface area contributed by atoms with Crippen molar-refractivity contribution in [1.29, 1.82) is 0 Å². The zero-order valence-electron chi connectivity index (χ0n) is 9.21. The average Bonchev–Trinajstić information content (AvgIpc) is 2.26. The Morgan fingerprint density at radius 2 is 2.00 bits per heavy atom. The highest BCUT2D eigenvalue weighted by Gasteiger charge is 2.29. The normalized spacial score (nSPS) is 23.9. The van der Waals surface area contributed by atoms with Crippen molar-refractivity contribution in [1.82, 2.24) is 0 Å². The quantitative estimate of drug-likeness (QED) is 0.423. The minimum absolute atomic E-state index is 0.254. The number of azide groups is 1. The van der Waals surface area contributed by atoms with Gasteiger partial charge in [-0.3, -0.25) is 0 Å². The van der Waals surface area contributed by atoms with Crippen molar-refractivity contribution in [3.05, 3.63) is 10.4 Å². The summed E-state index contributed by atoms with van der Waals surface area (Å²) in [6.45, 7) is 1.65. The second-order valence-corrected chi connectivity index (χ2v) is 4.41. The fraction of sp³-hybridized carbons (Fsp3) is 1.00. The van der Waals surface area contributed by atoms with Crippen LogP contribution in [0.4, 0.5) is 0 Å². The van der Waals surface area contributed by atoms with E-state index >= 15 is 0 Å². The van der Waals surface area contributed by atoms with Gasteiger partial charge in [0.25, 0.3) is 0 Å². The Labute approximate surface area is 90.3 Å². The van der Waals surface area contributed by atoms with Crippen LogP contribution in [0.2, 0.25) is 0 Å². The number of hydrogen-bond acceptors (Lipinski definition) is 3. The first-order chi connectivity index (χ1) is 7.16. The van der Waals surface area contributed by atoms with E-state index < -0.39 is 12.1 Å². The van der Waals surface area contributed by atoms with Crippen molar-refractivity contribution >= 4 is 0 Å². The number of rotatable bonds is 4. The van der Waals surface area contributed by atoms with Crippen molar-refractivity contribution < 1.29 is 5.11 Å². The lowest BCUT2D eigenvalue weighted by molar-refractivity contribution is 0.129. The smallest absolute Gasteiger partial charge is 0.0667 e. The molecule has 0 aromatic carbocycles. The van der Waals surface area contributed by atoms with Crippen LogP contribution in [-0.4, -0.2) is 23.3 Å². The minimum atomic E-state index is -0.623. The second-order valence-electron chi connectivity index (χ2n) is 4.41. The zero-order valence-corrected chi connectivity index (χ0v) is 9.21. The number of nitrogens with zero attached hydrogens (tertiary/aromatic N) is 3. The summed E-state index contributed by atoms with van der Waals surface area (Å²) in [6.07, 6.45) is 5.10. The molecule has 0 heterocycles. The molecule has 0 bridgehead atoms. The van der Waals surface area contributed by atoms with Gasteiger partial charge < -0.3 is 10.8 Å². The van der Waals surface area contributed by atoms with E-state index in [2.05, 4.69) is 10.0 Å². The molecule has 0 saturated heterocycles. The average molecular weight is 212 g/mol. The number of aliphatic hydroxyl groups excluding tert-OH is 1. The van der Waals surface area contributed by atoms with Crippen LogP contribution in [0.5, 0.6) is 0 Å². The monoisotopic (exact) mass is 212 g/mol. The van der Waals surface area contributed by atoms with Gasteiger partial charge in [0.2, 0.25) is 0 Å². The van der Waals surface area contributed by atoms with E-state index in [9.17, 15) is 5.11 Å². The maximum atomic E-state index is 9.44. The van der Waals surface area contributed by atoms with Gasteiger partial charge in [-0.1, -0.05) is 24.4 Å². The summed E-state index contributed by atoms with van der Waals surface area (Å²) >= 11 is 0. The zero-order chi connectivity index (χ0) is 11.3. The molecule has 5 nitrogen and oxygen atoms in total. The van der Waals surface area contributed by atoms with Gasteiger partial charge in [0.1, 0.15) is 0 Å². The highest BCUT2D eigenvalue weighted by Crippen LogP contribution is 2.29. The van der Waals surface area contributed by atoms with Crippen LogP contribution in [0, 0.1) is 5.92 Å². The third-order valence-electron chi connectivity index (χ3n) is 3.27. The standard InChI is InChI=1S/C10H20N4O/c1-7(15)9(11)10(13-14-12)8-5-3-2-4-6-8/h7-10,15H,2-6,11H2,1H3/t7-,9-,10+/m1/s1. The van der Waals surface area contributed by atoms with Crippen LogP contribution >= 0.6 is 0 Å². The Bertz CT molecular complexity index is 232. The second kappa shape index (κ2) is 5.95. The molecule has 1 rings (SSSR count). The molecule has 1 aliphatic carbocycles. The third kappa shape index (κ3) is 3.38. The van der Waals surface area contributed by atoms with Crippen LogP contribution in [-0.2, 0) is 0 Å². The number of hydrogen-bond donors (Lipinski definition) is 2. The Morgan fingerprint density at radius 1 is 1.40 bits per heavy atom. The molecule has 1 aliphatic rings. The Balaban J connectivity index is 2.67. The molecule has 0 aliphatic heterocycles. The van der Waals surface area contributed by atoms with Gasteiger partial charge >= 0.3 is 0 Å². The van der Waals surface area contributed by atoms with E-state index in [1.165, 1.54) is 19.3 Å². The van der Waals surface area contributed by atoms with Crippen molar-refractivity contribution in [2.24, 2.45) is 16.8 Å². The first-order valence-electron chi connectivity index (χ1n) is 5.64. The summed E-state index contributed by atoms with van der Waals surface area (Å²) in [5, 5.41) is 13.2. The molecule has 15 heavy (non-hydrogen) atoms. The Kier molecular flexibility index (Phi) is 4.88. The maximum Gasteiger partial charge on any atom is 0.0667 e. The predicted molar refractivity (Wildman–Crippen MR) is 59.2 cm³/mol. The van der Waals surface area contributed by atoms with Crippen molar-refractivity contribution in [2.45, 2.75) is 57.2 Å². The van der Waals surface area contributed by atoms with Crippen LogP contribution in [0.15, 0.2) is 5.11 Å². The highest BCUT2D eigenvalue weighted by molar-refractivity contribution is 4.90. The molecule has 86 valence electrons. The Morgan fingerprint density at radius 3 is 2.47 bits per heavy atom. The molecule has 0 radical (unpaired) electrons. The molecule has 5 heteroatoms. The molecule has 0 spiro atoms. The van der Waals surface area contributed by atoms with Gasteiger partial charge in [0.05, 0.1) is 12.1 Å². The summed E-state index contributed by atoms with van der Waals surface area (Å²) in [4.78, 5) is 2.85. The molecule has 0 amide bonds. The fourth-order valence-electron chi connectivity index (χ4n) is 2.31. The maximum absolute atomic E-state index is 9.44. The van der Waals surface area contributed by atoms with Gasteiger partial charge in [-0.05, 0) is 31.2 Å². The molecular formula is C10H20N4O. The van der Waals surface area contributed by atoms with E-state index in [-0.39, 0.29) is 6.04 Å². The summed E-state index contributed by atoms with van der Waals surface area (Å²) in [5.41, 5.74) is 14.4. The SMILES string of the molecule is C[C@@H](O)[C@@H](N)[C@@H](N=[N+]=[N-])C1CCCCC1. The summed E-state index contributed by atoms with van der Waals surface area (Å²) < 4.78 is 0. The van der Waals surface area contributed by atoms with Crippen LogP contribution in [0.25, 0.3) is 10.4 Å². The van der Waals surface area contributed by atoms with E-state index in [4.69, 9.17) is 11.3 Å². The first kappa shape index (κ1) is 12.3. The van der Waals surface area contributed by atoms with Crippen molar-refractivity contribution in [3.63, 3.8) is 0 Å². The van der Waals surface area contributed by atoms with E-state index in [0.29, 0.717) is 5.92 Å². The lowest BCUT2D eigenvalue weighted by Crippen LogP contribution is -2.46. The van der Waals surface area contributed by atoms with Crippen LogP contribution < -0.4 is 5.73 Å². The fourth-order valence-corrected chi connectivity index (χ4v) is 2.31. The highest BCUT2D eigenvalue weighted by atomic mass is 16.3. The van der Waals surface area contributed by atoms with Gasteiger partial charge in [-0.25, -0.2) is 0 Å². The van der Waals surface area contributed by atoms with Gasteiger partial charge in [0, 0.05) is 11.0 Å².